The SMILES string of the molecule is CCN1C(=O)COc2ccc(C(=O)CSCC(=O)Nc3ccc(Cl)cc3)cc21. The van der Waals surface area contributed by atoms with E-state index in [1.807, 2.05) is 6.92 Å². The van der Waals surface area contributed by atoms with Crippen molar-refractivity contribution in [3.05, 3.63) is 53.1 Å². The first kappa shape index (κ1) is 20.2. The number of nitrogens with zero attached hydrogens (tertiary/aromatic N) is 1. The van der Waals surface area contributed by atoms with Crippen LogP contribution in [-0.4, -0.2) is 42.3 Å². The maximum absolute atomic E-state index is 12.5. The van der Waals surface area contributed by atoms with E-state index in [1.54, 1.807) is 47.4 Å². The van der Waals surface area contributed by atoms with E-state index < -0.39 is 0 Å². The minimum atomic E-state index is -0.193. The number of halogens is 1. The molecule has 8 heteroatoms. The highest BCUT2D eigenvalue weighted by molar-refractivity contribution is 8.00. The second-order valence-electron chi connectivity index (χ2n) is 6.08. The lowest BCUT2D eigenvalue weighted by Crippen LogP contribution is -2.38. The zero-order valence-corrected chi connectivity index (χ0v) is 16.8. The Balaban J connectivity index is 1.55. The van der Waals surface area contributed by atoms with E-state index in [4.69, 9.17) is 16.3 Å². The number of hydrogen-bond donors (Lipinski definition) is 1. The summed E-state index contributed by atoms with van der Waals surface area (Å²) in [6, 6.07) is 11.9. The van der Waals surface area contributed by atoms with Crippen LogP contribution in [0.1, 0.15) is 17.3 Å². The predicted octanol–water partition coefficient (Wildman–Crippen LogP) is 3.64. The third kappa shape index (κ3) is 4.85. The molecule has 1 aliphatic rings. The van der Waals surface area contributed by atoms with Crippen LogP contribution in [0.5, 0.6) is 5.75 Å². The molecular weight excluding hydrogens is 400 g/mol. The Morgan fingerprint density at radius 1 is 1.18 bits per heavy atom. The fourth-order valence-corrected chi connectivity index (χ4v) is 3.61. The third-order valence-corrected chi connectivity index (χ3v) is 5.32. The van der Waals surface area contributed by atoms with Crippen molar-refractivity contribution in [2.75, 3.05) is 34.9 Å². The Labute approximate surface area is 172 Å². The summed E-state index contributed by atoms with van der Waals surface area (Å²) >= 11 is 7.04. The van der Waals surface area contributed by atoms with Crippen molar-refractivity contribution < 1.29 is 19.1 Å². The number of amides is 2. The minimum absolute atomic E-state index is 0.00666. The van der Waals surface area contributed by atoms with Gasteiger partial charge in [-0.2, -0.15) is 0 Å². The first-order valence-corrected chi connectivity index (χ1v) is 10.2. The number of carbonyl (C=O) groups excluding carboxylic acids is 3. The van der Waals surface area contributed by atoms with E-state index in [0.29, 0.717) is 34.3 Å². The maximum atomic E-state index is 12.5. The number of nitrogens with one attached hydrogen (secondary N) is 1. The molecule has 6 nitrogen and oxygen atoms in total. The highest BCUT2D eigenvalue weighted by atomic mass is 35.5. The quantitative estimate of drug-likeness (QED) is 0.695. The first-order valence-electron chi connectivity index (χ1n) is 8.71. The summed E-state index contributed by atoms with van der Waals surface area (Å²) in [6.45, 7) is 2.38. The van der Waals surface area contributed by atoms with Crippen LogP contribution in [0.15, 0.2) is 42.5 Å². The van der Waals surface area contributed by atoms with Gasteiger partial charge >= 0.3 is 0 Å². The molecule has 1 N–H and O–H groups in total. The van der Waals surface area contributed by atoms with Gasteiger partial charge in [-0.15, -0.1) is 11.8 Å². The van der Waals surface area contributed by atoms with E-state index in [9.17, 15) is 14.4 Å². The Kier molecular flexibility index (Phi) is 6.59. The number of carbonyl (C=O) groups is 3. The van der Waals surface area contributed by atoms with Crippen molar-refractivity contribution >= 4 is 52.3 Å². The van der Waals surface area contributed by atoms with Gasteiger partial charge < -0.3 is 15.0 Å². The Morgan fingerprint density at radius 3 is 2.64 bits per heavy atom. The van der Waals surface area contributed by atoms with Crippen LogP contribution in [-0.2, 0) is 9.59 Å². The molecular formula is C20H19ClN2O4S. The van der Waals surface area contributed by atoms with Crippen LogP contribution >= 0.6 is 23.4 Å². The number of fused-ring (bicyclic) bond motifs is 1. The molecule has 0 radical (unpaired) electrons. The molecule has 2 aromatic rings. The molecule has 3 rings (SSSR count). The van der Waals surface area contributed by atoms with Crippen molar-refractivity contribution in [3.8, 4) is 5.75 Å². The number of benzene rings is 2. The number of rotatable bonds is 7. The zero-order chi connectivity index (χ0) is 20.1. The summed E-state index contributed by atoms with van der Waals surface area (Å²) in [7, 11) is 0. The van der Waals surface area contributed by atoms with Crippen molar-refractivity contribution in [2.24, 2.45) is 0 Å². The number of ether oxygens (including phenoxy) is 1. The van der Waals surface area contributed by atoms with Crippen molar-refractivity contribution in [1.29, 1.82) is 0 Å². The summed E-state index contributed by atoms with van der Waals surface area (Å²) in [4.78, 5) is 38.0. The number of hydrogen-bond acceptors (Lipinski definition) is 5. The van der Waals surface area contributed by atoms with Crippen molar-refractivity contribution in [1.82, 2.24) is 0 Å². The van der Waals surface area contributed by atoms with E-state index in [0.717, 1.165) is 0 Å². The van der Waals surface area contributed by atoms with Crippen molar-refractivity contribution in [2.45, 2.75) is 6.92 Å². The lowest BCUT2D eigenvalue weighted by atomic mass is 10.1. The predicted molar refractivity (Wildman–Crippen MR) is 112 cm³/mol. The van der Waals surface area contributed by atoms with E-state index in [2.05, 4.69) is 5.32 Å². The van der Waals surface area contributed by atoms with Crippen molar-refractivity contribution in [3.63, 3.8) is 0 Å². The standard InChI is InChI=1S/C20H19ClN2O4S/c1-2-23-16-9-13(3-8-18(16)27-10-20(23)26)17(24)11-28-12-19(25)22-15-6-4-14(21)5-7-15/h3-9H,2,10-12H2,1H3,(H,22,25). The van der Waals surface area contributed by atoms with Gasteiger partial charge in [-0.3, -0.25) is 14.4 Å². The molecule has 2 amide bonds. The second kappa shape index (κ2) is 9.12. The number of ketones is 1. The van der Waals surface area contributed by atoms with Gasteiger partial charge in [0.1, 0.15) is 5.75 Å². The molecule has 0 bridgehead atoms. The average molecular weight is 419 g/mol. The minimum Gasteiger partial charge on any atom is -0.482 e. The van der Waals surface area contributed by atoms with Gasteiger partial charge in [0, 0.05) is 22.8 Å². The first-order chi connectivity index (χ1) is 13.5. The highest BCUT2D eigenvalue weighted by Crippen LogP contribution is 2.33. The van der Waals surface area contributed by atoms with Gasteiger partial charge in [-0.05, 0) is 49.4 Å². The van der Waals surface area contributed by atoms with Gasteiger partial charge in [-0.25, -0.2) is 0 Å². The zero-order valence-electron chi connectivity index (χ0n) is 15.2. The second-order valence-corrected chi connectivity index (χ2v) is 7.50. The maximum Gasteiger partial charge on any atom is 0.265 e. The van der Waals surface area contributed by atoms with Gasteiger partial charge in [0.15, 0.2) is 12.4 Å². The van der Waals surface area contributed by atoms with Gasteiger partial charge in [-0.1, -0.05) is 11.6 Å². The summed E-state index contributed by atoms with van der Waals surface area (Å²) < 4.78 is 5.41. The molecule has 2 aromatic carbocycles. The molecule has 1 aliphatic heterocycles. The summed E-state index contributed by atoms with van der Waals surface area (Å²) in [5.74, 6) is 0.471. The van der Waals surface area contributed by atoms with E-state index in [1.165, 1.54) is 11.8 Å². The molecule has 0 spiro atoms. The number of thioether (sulfide) groups is 1. The Morgan fingerprint density at radius 2 is 1.93 bits per heavy atom. The molecule has 0 unspecified atom stereocenters. The number of likely N-dealkylation sites (N-methyl/N-ethyl adjacent to an activating group) is 1. The van der Waals surface area contributed by atoms with Crippen LogP contribution in [0.3, 0.4) is 0 Å². The molecule has 0 atom stereocenters. The average Bonchev–Trinajstić information content (AvgIpc) is 2.69. The summed E-state index contributed by atoms with van der Waals surface area (Å²) in [5.41, 5.74) is 1.75. The topological polar surface area (TPSA) is 75.7 Å². The van der Waals surface area contributed by atoms with Crippen LogP contribution < -0.4 is 15.0 Å². The smallest absolute Gasteiger partial charge is 0.265 e. The molecule has 0 aromatic heterocycles. The van der Waals surface area contributed by atoms with Gasteiger partial charge in [0.05, 0.1) is 17.2 Å². The van der Waals surface area contributed by atoms with Gasteiger partial charge in [0.25, 0.3) is 5.91 Å². The summed E-state index contributed by atoms with van der Waals surface area (Å²) in [6.07, 6.45) is 0. The molecule has 28 heavy (non-hydrogen) atoms. The molecule has 0 saturated carbocycles. The highest BCUT2D eigenvalue weighted by Gasteiger charge is 2.25. The lowest BCUT2D eigenvalue weighted by Gasteiger charge is -2.28. The molecule has 0 fully saturated rings. The Bertz CT molecular complexity index is 902. The molecule has 146 valence electrons. The fourth-order valence-electron chi connectivity index (χ4n) is 2.77. The molecule has 0 saturated heterocycles. The lowest BCUT2D eigenvalue weighted by molar-refractivity contribution is -0.121. The van der Waals surface area contributed by atoms with Crippen LogP contribution in [0.2, 0.25) is 5.02 Å². The van der Waals surface area contributed by atoms with Crippen LogP contribution in [0.4, 0.5) is 11.4 Å². The fraction of sp³-hybridized carbons (Fsp3) is 0.250. The molecule has 0 aliphatic carbocycles. The van der Waals surface area contributed by atoms with Gasteiger partial charge in [0.2, 0.25) is 5.91 Å². The monoisotopic (exact) mass is 418 g/mol. The largest absolute Gasteiger partial charge is 0.482 e. The van der Waals surface area contributed by atoms with Crippen LogP contribution in [0.25, 0.3) is 0 Å². The van der Waals surface area contributed by atoms with E-state index >= 15 is 0 Å². The third-order valence-electron chi connectivity index (χ3n) is 4.13. The van der Waals surface area contributed by atoms with Crippen LogP contribution in [0, 0.1) is 0 Å². The summed E-state index contributed by atoms with van der Waals surface area (Å²) in [5, 5.41) is 3.35. The normalized spacial score (nSPS) is 12.9. The number of anilines is 2. The molecule has 1 heterocycles. The Hall–Kier alpha value is -2.51. The van der Waals surface area contributed by atoms with E-state index in [-0.39, 0.29) is 35.7 Å². The number of Topliss-reactive ketones (excluding diaryl/α,β-unsaturated/α-hetero) is 1.